The highest BCUT2D eigenvalue weighted by atomic mass is 19.4. The van der Waals surface area contributed by atoms with Crippen LogP contribution in [0.4, 0.5) is 13.2 Å². The van der Waals surface area contributed by atoms with Crippen molar-refractivity contribution >= 4 is 0 Å². The summed E-state index contributed by atoms with van der Waals surface area (Å²) < 4.78 is 45.4. The van der Waals surface area contributed by atoms with E-state index in [1.54, 1.807) is 12.1 Å². The Morgan fingerprint density at radius 2 is 1.76 bits per heavy atom. The molecule has 0 saturated heterocycles. The van der Waals surface area contributed by atoms with Crippen LogP contribution in [0.15, 0.2) is 24.3 Å². The van der Waals surface area contributed by atoms with E-state index in [2.05, 4.69) is 23.9 Å². The first-order chi connectivity index (χ1) is 9.81. The molecule has 0 heterocycles. The minimum atomic E-state index is -4.65. The third-order valence-corrected chi connectivity index (χ3v) is 3.03. The lowest BCUT2D eigenvalue weighted by atomic mass is 10.0. The molecule has 0 radical (unpaired) electrons. The Kier molecular flexibility index (Phi) is 6.98. The highest BCUT2D eigenvalue weighted by Crippen LogP contribution is 2.22. The molecule has 0 amide bonds. The highest BCUT2D eigenvalue weighted by Gasteiger charge is 2.30. The van der Waals surface area contributed by atoms with E-state index in [0.29, 0.717) is 25.7 Å². The molecule has 21 heavy (non-hydrogen) atoms. The first-order valence-electron chi connectivity index (χ1n) is 6.97. The Labute approximate surface area is 123 Å². The summed E-state index contributed by atoms with van der Waals surface area (Å²) in [5, 5.41) is 3.35. The monoisotopic (exact) mass is 305 g/mol. The van der Waals surface area contributed by atoms with E-state index < -0.39 is 6.36 Å². The predicted octanol–water partition coefficient (Wildman–Crippen LogP) is 3.74. The quantitative estimate of drug-likeness (QED) is 0.793. The van der Waals surface area contributed by atoms with Crippen molar-refractivity contribution in [1.82, 2.24) is 5.32 Å². The second-order valence-electron chi connectivity index (χ2n) is 5.08. The number of hydrogen-bond donors (Lipinski definition) is 1. The van der Waals surface area contributed by atoms with Crippen LogP contribution in [-0.4, -0.2) is 25.6 Å². The van der Waals surface area contributed by atoms with Crippen molar-refractivity contribution in [1.29, 1.82) is 0 Å². The molecule has 0 spiro atoms. The van der Waals surface area contributed by atoms with Gasteiger partial charge in [0.25, 0.3) is 0 Å². The Bertz CT molecular complexity index is 404. The van der Waals surface area contributed by atoms with Gasteiger partial charge in [0.05, 0.1) is 6.61 Å². The fourth-order valence-electron chi connectivity index (χ4n) is 1.79. The molecule has 1 atom stereocenters. The van der Waals surface area contributed by atoms with Crippen LogP contribution >= 0.6 is 0 Å². The molecular formula is C15H22F3NO2. The van der Waals surface area contributed by atoms with E-state index in [0.717, 1.165) is 5.56 Å². The molecule has 0 aliphatic rings. The molecule has 3 nitrogen and oxygen atoms in total. The van der Waals surface area contributed by atoms with Gasteiger partial charge in [-0.25, -0.2) is 0 Å². The number of alkyl halides is 3. The molecule has 0 fully saturated rings. The maximum Gasteiger partial charge on any atom is 0.573 e. The Hall–Kier alpha value is -1.27. The van der Waals surface area contributed by atoms with E-state index >= 15 is 0 Å². The molecular weight excluding hydrogens is 283 g/mol. The minimum absolute atomic E-state index is 0.205. The van der Waals surface area contributed by atoms with E-state index in [-0.39, 0.29) is 11.8 Å². The highest BCUT2D eigenvalue weighted by molar-refractivity contribution is 5.27. The summed E-state index contributed by atoms with van der Waals surface area (Å²) in [6.07, 6.45) is -4.65. The summed E-state index contributed by atoms with van der Waals surface area (Å²) >= 11 is 0. The summed E-state index contributed by atoms with van der Waals surface area (Å²) in [5.41, 5.74) is 0.895. The molecule has 0 saturated carbocycles. The second-order valence-corrected chi connectivity index (χ2v) is 5.08. The topological polar surface area (TPSA) is 30.5 Å². The number of benzene rings is 1. The van der Waals surface area contributed by atoms with Gasteiger partial charge in [-0.05, 0) is 30.5 Å². The molecule has 0 aromatic heterocycles. The molecule has 1 aromatic carbocycles. The van der Waals surface area contributed by atoms with Gasteiger partial charge < -0.3 is 14.8 Å². The van der Waals surface area contributed by atoms with Crippen LogP contribution in [0.1, 0.15) is 26.3 Å². The summed E-state index contributed by atoms with van der Waals surface area (Å²) in [6.45, 7) is 7.98. The zero-order valence-electron chi connectivity index (χ0n) is 12.5. The lowest BCUT2D eigenvalue weighted by Gasteiger charge is -2.22. The van der Waals surface area contributed by atoms with Gasteiger partial charge in [0.2, 0.25) is 0 Å². The van der Waals surface area contributed by atoms with Gasteiger partial charge in [-0.1, -0.05) is 26.0 Å². The van der Waals surface area contributed by atoms with Crippen molar-refractivity contribution in [2.24, 2.45) is 5.92 Å². The molecule has 0 bridgehead atoms. The number of rotatable bonds is 8. The molecule has 120 valence electrons. The first-order valence-corrected chi connectivity index (χ1v) is 6.97. The fraction of sp³-hybridized carbons (Fsp3) is 0.600. The lowest BCUT2D eigenvalue weighted by Crippen LogP contribution is -2.37. The van der Waals surface area contributed by atoms with Crippen LogP contribution in [-0.2, 0) is 11.3 Å². The van der Waals surface area contributed by atoms with Crippen LogP contribution < -0.4 is 10.1 Å². The zero-order chi connectivity index (χ0) is 15.9. The number of ether oxygens (including phenoxy) is 2. The van der Waals surface area contributed by atoms with Gasteiger partial charge >= 0.3 is 6.36 Å². The Morgan fingerprint density at radius 3 is 2.24 bits per heavy atom. The van der Waals surface area contributed by atoms with Gasteiger partial charge in [-0.15, -0.1) is 13.2 Å². The van der Waals surface area contributed by atoms with Gasteiger partial charge in [0.15, 0.2) is 0 Å². The smallest absolute Gasteiger partial charge is 0.406 e. The second kappa shape index (κ2) is 8.24. The molecule has 6 heteroatoms. The van der Waals surface area contributed by atoms with Crippen molar-refractivity contribution in [3.8, 4) is 5.75 Å². The fourth-order valence-corrected chi connectivity index (χ4v) is 1.79. The number of hydrogen-bond acceptors (Lipinski definition) is 3. The third-order valence-electron chi connectivity index (χ3n) is 3.03. The van der Waals surface area contributed by atoms with Crippen LogP contribution in [0.25, 0.3) is 0 Å². The summed E-state index contributed by atoms with van der Waals surface area (Å²) in [4.78, 5) is 0. The minimum Gasteiger partial charge on any atom is -0.406 e. The number of nitrogens with one attached hydrogen (secondary N) is 1. The average molecular weight is 305 g/mol. The zero-order valence-corrected chi connectivity index (χ0v) is 12.5. The van der Waals surface area contributed by atoms with E-state index in [9.17, 15) is 13.2 Å². The molecule has 0 aliphatic carbocycles. The Morgan fingerprint density at radius 1 is 1.14 bits per heavy atom. The molecule has 1 aromatic rings. The normalized spacial score (nSPS) is 13.5. The largest absolute Gasteiger partial charge is 0.573 e. The van der Waals surface area contributed by atoms with Crippen molar-refractivity contribution in [2.45, 2.75) is 39.7 Å². The average Bonchev–Trinajstić information content (AvgIpc) is 2.38. The standard InChI is InChI=1S/C15H22F3NO2/c1-4-20-10-14(11(2)3)19-9-12-5-7-13(8-6-12)21-15(16,17)18/h5-8,11,14,19H,4,9-10H2,1-3H3. The van der Waals surface area contributed by atoms with Crippen LogP contribution in [0.2, 0.25) is 0 Å². The van der Waals surface area contributed by atoms with Crippen LogP contribution in [0, 0.1) is 5.92 Å². The third kappa shape index (κ3) is 7.34. The summed E-state index contributed by atoms with van der Waals surface area (Å²) in [5.74, 6) is 0.199. The Balaban J connectivity index is 2.51. The van der Waals surface area contributed by atoms with Gasteiger partial charge in [0.1, 0.15) is 5.75 Å². The van der Waals surface area contributed by atoms with Crippen LogP contribution in [0.5, 0.6) is 5.75 Å². The molecule has 0 aliphatic heterocycles. The van der Waals surface area contributed by atoms with Crippen molar-refractivity contribution < 1.29 is 22.6 Å². The number of halogens is 3. The van der Waals surface area contributed by atoms with Gasteiger partial charge in [-0.2, -0.15) is 0 Å². The maximum absolute atomic E-state index is 12.1. The van der Waals surface area contributed by atoms with Crippen molar-refractivity contribution in [2.75, 3.05) is 13.2 Å². The summed E-state index contributed by atoms with van der Waals surface area (Å²) in [7, 11) is 0. The predicted molar refractivity (Wildman–Crippen MR) is 75.1 cm³/mol. The SMILES string of the molecule is CCOCC(NCc1ccc(OC(F)(F)F)cc1)C(C)C. The van der Waals surface area contributed by atoms with Crippen LogP contribution in [0.3, 0.4) is 0 Å². The molecule has 1 unspecified atom stereocenters. The van der Waals surface area contributed by atoms with E-state index in [4.69, 9.17) is 4.74 Å². The van der Waals surface area contributed by atoms with Crippen molar-refractivity contribution in [3.63, 3.8) is 0 Å². The maximum atomic E-state index is 12.1. The molecule has 1 rings (SSSR count). The lowest BCUT2D eigenvalue weighted by molar-refractivity contribution is -0.274. The first kappa shape index (κ1) is 17.8. The van der Waals surface area contributed by atoms with E-state index in [1.807, 2.05) is 6.92 Å². The van der Waals surface area contributed by atoms with E-state index in [1.165, 1.54) is 12.1 Å². The van der Waals surface area contributed by atoms with Crippen molar-refractivity contribution in [3.05, 3.63) is 29.8 Å². The van der Waals surface area contributed by atoms with Gasteiger partial charge in [-0.3, -0.25) is 0 Å². The summed E-state index contributed by atoms with van der Waals surface area (Å²) in [6, 6.07) is 6.07. The van der Waals surface area contributed by atoms with Gasteiger partial charge in [0, 0.05) is 19.2 Å². The molecule has 1 N–H and O–H groups in total.